The van der Waals surface area contributed by atoms with E-state index in [1.807, 2.05) is 25.7 Å². The van der Waals surface area contributed by atoms with Gasteiger partial charge in [0.2, 0.25) is 5.91 Å². The second-order valence-electron chi connectivity index (χ2n) is 7.38. The molecule has 1 fully saturated rings. The predicted molar refractivity (Wildman–Crippen MR) is 108 cm³/mol. The van der Waals surface area contributed by atoms with Crippen molar-refractivity contribution < 1.29 is 23.7 Å². The average Bonchev–Trinajstić information content (AvgIpc) is 2.67. The van der Waals surface area contributed by atoms with Crippen molar-refractivity contribution >= 4 is 41.7 Å². The van der Waals surface area contributed by atoms with Crippen molar-refractivity contribution in [2.75, 3.05) is 32.9 Å². The number of hydrogen-bond donors (Lipinski definition) is 0. The van der Waals surface area contributed by atoms with Gasteiger partial charge in [0.25, 0.3) is 5.84 Å². The first-order valence-corrected chi connectivity index (χ1v) is 10.5. The van der Waals surface area contributed by atoms with Crippen molar-refractivity contribution in [1.82, 2.24) is 9.80 Å². The summed E-state index contributed by atoms with van der Waals surface area (Å²) in [5, 5.41) is 0. The van der Waals surface area contributed by atoms with Crippen LogP contribution in [0, 0.1) is 5.92 Å². The normalized spacial score (nSPS) is 28.2. The van der Waals surface area contributed by atoms with Gasteiger partial charge in [-0.1, -0.05) is 6.92 Å². The fourth-order valence-corrected chi connectivity index (χ4v) is 4.97. The molecule has 3 unspecified atom stereocenters. The van der Waals surface area contributed by atoms with Crippen molar-refractivity contribution in [2.45, 2.75) is 39.4 Å². The van der Waals surface area contributed by atoms with E-state index in [2.05, 4.69) is 4.99 Å². The summed E-state index contributed by atoms with van der Waals surface area (Å²) < 4.78 is 7.10. The third-order valence-corrected chi connectivity index (χ3v) is 6.39. The third kappa shape index (κ3) is 3.77. The lowest BCUT2D eigenvalue weighted by Gasteiger charge is -2.35. The molecule has 3 atom stereocenters. The van der Waals surface area contributed by atoms with E-state index >= 15 is 0 Å². The maximum absolute atomic E-state index is 12.8. The van der Waals surface area contributed by atoms with Crippen molar-refractivity contribution in [2.24, 2.45) is 10.9 Å². The van der Waals surface area contributed by atoms with Crippen LogP contribution in [0.25, 0.3) is 0 Å². The Morgan fingerprint density at radius 3 is 2.57 bits per heavy atom. The van der Waals surface area contributed by atoms with E-state index in [1.165, 1.54) is 23.4 Å². The number of fused-ring (bicyclic) bond motifs is 1. The first-order chi connectivity index (χ1) is 13.2. The molecule has 3 heterocycles. The number of amides is 4. The molecule has 8 nitrogen and oxygen atoms in total. The van der Waals surface area contributed by atoms with Crippen molar-refractivity contribution in [3.05, 3.63) is 10.5 Å². The van der Waals surface area contributed by atoms with Gasteiger partial charge in [-0.05, 0) is 25.8 Å². The SMILES string of the molecule is CCC1=C(SCC(=O)N2CC(C)OC(C)C2)C2C(=O)N(C)C(=O)[N+](C)=C2N=C1. The van der Waals surface area contributed by atoms with Gasteiger partial charge in [0.05, 0.1) is 32.1 Å². The van der Waals surface area contributed by atoms with Crippen molar-refractivity contribution in [1.29, 1.82) is 0 Å². The van der Waals surface area contributed by atoms with Crippen LogP contribution < -0.4 is 0 Å². The van der Waals surface area contributed by atoms with Gasteiger partial charge < -0.3 is 9.64 Å². The molecule has 152 valence electrons. The zero-order valence-corrected chi connectivity index (χ0v) is 17.8. The molecule has 0 saturated carbocycles. The standard InChI is InChI=1S/C19H27N4O4S/c1-6-13-7-20-17-15(18(25)22(5)19(26)21(17)4)16(13)28-10-14(24)23-8-11(2)27-12(3)9-23/h7,11-12,15H,6,8-10H2,1-5H3/q+1. The summed E-state index contributed by atoms with van der Waals surface area (Å²) in [5.74, 6) is -0.240. The van der Waals surface area contributed by atoms with Crippen LogP contribution in [0.3, 0.4) is 0 Å². The number of carbonyl (C=O) groups is 3. The molecule has 0 bridgehead atoms. The summed E-state index contributed by atoms with van der Waals surface area (Å²) in [5.41, 5.74) is 0.930. The lowest BCUT2D eigenvalue weighted by Crippen LogP contribution is -2.53. The van der Waals surface area contributed by atoms with Crippen LogP contribution >= 0.6 is 11.8 Å². The Labute approximate surface area is 169 Å². The number of rotatable bonds is 4. The summed E-state index contributed by atoms with van der Waals surface area (Å²) in [6, 6.07) is -0.398. The lowest BCUT2D eigenvalue weighted by atomic mass is 9.97. The molecular weight excluding hydrogens is 380 g/mol. The fourth-order valence-electron chi connectivity index (χ4n) is 3.75. The Balaban J connectivity index is 1.82. The highest BCUT2D eigenvalue weighted by molar-refractivity contribution is 8.03. The zero-order chi connectivity index (χ0) is 20.6. The molecule has 1 saturated heterocycles. The highest BCUT2D eigenvalue weighted by Crippen LogP contribution is 2.35. The Kier molecular flexibility index (Phi) is 6.04. The quantitative estimate of drug-likeness (QED) is 0.657. The minimum Gasteiger partial charge on any atom is -0.372 e. The van der Waals surface area contributed by atoms with Crippen LogP contribution in [0.4, 0.5) is 4.79 Å². The number of aliphatic imine (C=N–C) groups is 1. The number of ether oxygens (including phenoxy) is 1. The zero-order valence-electron chi connectivity index (χ0n) is 17.0. The maximum atomic E-state index is 12.8. The number of thioether (sulfide) groups is 1. The third-order valence-electron chi connectivity index (χ3n) is 5.19. The summed E-state index contributed by atoms with van der Waals surface area (Å²) >= 11 is 1.38. The Bertz CT molecular complexity index is 794. The predicted octanol–water partition coefficient (Wildman–Crippen LogP) is 1.35. The molecule has 0 radical (unpaired) electrons. The minimum absolute atomic E-state index is 0.0121. The first kappa shape index (κ1) is 20.7. The van der Waals surface area contributed by atoms with E-state index in [1.54, 1.807) is 13.3 Å². The maximum Gasteiger partial charge on any atom is 0.445 e. The van der Waals surface area contributed by atoms with Gasteiger partial charge in [-0.25, -0.2) is 4.79 Å². The Morgan fingerprint density at radius 2 is 1.96 bits per heavy atom. The van der Waals surface area contributed by atoms with Gasteiger partial charge >= 0.3 is 11.9 Å². The topological polar surface area (TPSA) is 82.3 Å². The lowest BCUT2D eigenvalue weighted by molar-refractivity contribution is -0.407. The molecular formula is C19H27N4O4S+. The number of dihydropyridines is 1. The van der Waals surface area contributed by atoms with Gasteiger partial charge in [-0.15, -0.1) is 16.8 Å². The number of carbonyl (C=O) groups excluding carboxylic acids is 3. The summed E-state index contributed by atoms with van der Waals surface area (Å²) in [6.45, 7) is 7.06. The van der Waals surface area contributed by atoms with Crippen molar-refractivity contribution in [3.8, 4) is 0 Å². The average molecular weight is 408 g/mol. The van der Waals surface area contributed by atoms with Crippen LogP contribution in [-0.4, -0.2) is 89.4 Å². The molecule has 0 aliphatic carbocycles. The highest BCUT2D eigenvalue weighted by Gasteiger charge is 2.48. The van der Waals surface area contributed by atoms with Crippen LogP contribution in [0.1, 0.15) is 27.2 Å². The summed E-state index contributed by atoms with van der Waals surface area (Å²) in [7, 11) is 3.09. The number of amidine groups is 1. The molecule has 3 rings (SSSR count). The first-order valence-electron chi connectivity index (χ1n) is 9.49. The molecule has 0 aromatic carbocycles. The molecule has 3 aliphatic rings. The van der Waals surface area contributed by atoms with Gasteiger partial charge in [0.15, 0.2) is 5.92 Å². The van der Waals surface area contributed by atoms with E-state index in [-0.39, 0.29) is 29.8 Å². The number of urea groups is 1. The molecule has 9 heteroatoms. The number of morpholine rings is 1. The van der Waals surface area contributed by atoms with Crippen LogP contribution in [0.5, 0.6) is 0 Å². The Morgan fingerprint density at radius 1 is 1.32 bits per heavy atom. The monoisotopic (exact) mass is 407 g/mol. The van der Waals surface area contributed by atoms with E-state index in [0.29, 0.717) is 25.3 Å². The van der Waals surface area contributed by atoms with Crippen LogP contribution in [0.2, 0.25) is 0 Å². The molecule has 0 aromatic rings. The molecule has 28 heavy (non-hydrogen) atoms. The largest absolute Gasteiger partial charge is 0.445 e. The van der Waals surface area contributed by atoms with Crippen molar-refractivity contribution in [3.63, 3.8) is 0 Å². The van der Waals surface area contributed by atoms with Gasteiger partial charge in [-0.2, -0.15) is 9.48 Å². The van der Waals surface area contributed by atoms with Gasteiger partial charge in [0.1, 0.15) is 6.21 Å². The summed E-state index contributed by atoms with van der Waals surface area (Å²) in [4.78, 5) is 46.0. The fraction of sp³-hybridized carbons (Fsp3) is 0.632. The molecule has 4 amide bonds. The number of hydrogen-bond acceptors (Lipinski definition) is 6. The van der Waals surface area contributed by atoms with E-state index in [0.717, 1.165) is 15.4 Å². The summed E-state index contributed by atoms with van der Waals surface area (Å²) in [6.07, 6.45) is 2.43. The van der Waals surface area contributed by atoms with E-state index in [9.17, 15) is 14.4 Å². The van der Waals surface area contributed by atoms with Gasteiger partial charge in [0, 0.05) is 18.0 Å². The molecule has 0 aromatic heterocycles. The number of nitrogens with zero attached hydrogens (tertiary/aromatic N) is 4. The van der Waals surface area contributed by atoms with E-state index < -0.39 is 11.9 Å². The van der Waals surface area contributed by atoms with Gasteiger partial charge in [-0.3, -0.25) is 9.59 Å². The molecule has 3 aliphatic heterocycles. The highest BCUT2D eigenvalue weighted by atomic mass is 32.2. The number of allylic oxidation sites excluding steroid dienone is 1. The number of imide groups is 1. The second kappa shape index (κ2) is 8.16. The second-order valence-corrected chi connectivity index (χ2v) is 8.39. The smallest absolute Gasteiger partial charge is 0.372 e. The molecule has 0 spiro atoms. The van der Waals surface area contributed by atoms with Crippen LogP contribution in [0.15, 0.2) is 15.5 Å². The Hall–Kier alpha value is -2.00. The van der Waals surface area contributed by atoms with Crippen LogP contribution in [-0.2, 0) is 14.3 Å². The molecule has 0 N–H and O–H groups in total. The van der Waals surface area contributed by atoms with E-state index in [4.69, 9.17) is 4.74 Å². The minimum atomic E-state index is -0.631.